The fourth-order valence-corrected chi connectivity index (χ4v) is 5.57. The molecule has 7 nitrogen and oxygen atoms in total. The minimum absolute atomic E-state index is 0.0487. The number of carbonyl (C=O) groups excluding carboxylic acids is 1. The van der Waals surface area contributed by atoms with E-state index in [4.69, 9.17) is 37.4 Å². The number of thiazole rings is 1. The van der Waals surface area contributed by atoms with Crippen molar-refractivity contribution in [3.63, 3.8) is 0 Å². The summed E-state index contributed by atoms with van der Waals surface area (Å²) in [4.78, 5) is 30.2. The van der Waals surface area contributed by atoms with Crippen LogP contribution in [0.15, 0.2) is 70.1 Å². The second kappa shape index (κ2) is 12.5. The van der Waals surface area contributed by atoms with Crippen LogP contribution in [0.25, 0.3) is 6.08 Å². The van der Waals surface area contributed by atoms with Gasteiger partial charge in [-0.15, -0.1) is 0 Å². The van der Waals surface area contributed by atoms with Gasteiger partial charge in [0.15, 0.2) is 22.0 Å². The van der Waals surface area contributed by atoms with Crippen molar-refractivity contribution >= 4 is 46.6 Å². The number of allylic oxidation sites excluding steroid dienone is 1. The first kappa shape index (κ1) is 30.4. The second-order valence-corrected chi connectivity index (χ2v) is 10.3. The van der Waals surface area contributed by atoms with Crippen molar-refractivity contribution in [3.8, 4) is 11.5 Å². The average Bonchev–Trinajstić information content (AvgIpc) is 3.22. The summed E-state index contributed by atoms with van der Waals surface area (Å²) in [6.07, 6.45) is -2.02. The number of hydrogen-bond acceptors (Lipinski definition) is 7. The molecule has 1 aliphatic rings. The first-order chi connectivity index (χ1) is 19.5. The zero-order chi connectivity index (χ0) is 29.9. The van der Waals surface area contributed by atoms with E-state index in [1.807, 2.05) is 0 Å². The van der Waals surface area contributed by atoms with Crippen LogP contribution >= 0.6 is 34.5 Å². The van der Waals surface area contributed by atoms with Crippen LogP contribution in [0.5, 0.6) is 11.5 Å². The zero-order valence-corrected chi connectivity index (χ0v) is 24.1. The Balaban J connectivity index is 1.98. The number of alkyl halides is 3. The molecule has 0 radical (unpaired) electrons. The summed E-state index contributed by atoms with van der Waals surface area (Å²) in [5, 5.41) is 0.515. The minimum Gasteiger partial charge on any atom is -0.490 e. The predicted octanol–water partition coefficient (Wildman–Crippen LogP) is 5.61. The number of esters is 1. The predicted molar refractivity (Wildman–Crippen MR) is 151 cm³/mol. The molecule has 0 saturated carbocycles. The lowest BCUT2D eigenvalue weighted by Crippen LogP contribution is -2.41. The summed E-state index contributed by atoms with van der Waals surface area (Å²) >= 11 is 13.2. The number of halogens is 5. The molecule has 13 heteroatoms. The van der Waals surface area contributed by atoms with Crippen molar-refractivity contribution in [3.05, 3.63) is 101 Å². The number of aromatic nitrogens is 1. The molecule has 0 amide bonds. The van der Waals surface area contributed by atoms with Gasteiger partial charge in [0.2, 0.25) is 0 Å². The maximum atomic E-state index is 14.3. The molecule has 216 valence electrons. The topological polar surface area (TPSA) is 79.1 Å². The number of ether oxygens (including phenoxy) is 3. The Morgan fingerprint density at radius 3 is 2.46 bits per heavy atom. The fourth-order valence-electron chi connectivity index (χ4n) is 4.17. The molecule has 1 aromatic heterocycles. The number of fused-ring (bicyclic) bond motifs is 1. The van der Waals surface area contributed by atoms with Crippen LogP contribution in [0.4, 0.5) is 13.2 Å². The van der Waals surface area contributed by atoms with E-state index in [2.05, 4.69) is 11.6 Å². The van der Waals surface area contributed by atoms with Gasteiger partial charge >= 0.3 is 12.1 Å². The van der Waals surface area contributed by atoms with Crippen molar-refractivity contribution in [1.29, 1.82) is 0 Å². The van der Waals surface area contributed by atoms with Gasteiger partial charge in [0.1, 0.15) is 6.61 Å². The van der Waals surface area contributed by atoms with Crippen LogP contribution in [-0.4, -0.2) is 36.5 Å². The third-order valence-corrected chi connectivity index (χ3v) is 7.27. The van der Waals surface area contributed by atoms with Gasteiger partial charge in [0.05, 0.1) is 34.4 Å². The maximum Gasteiger partial charge on any atom is 0.434 e. The van der Waals surface area contributed by atoms with E-state index in [9.17, 15) is 22.8 Å². The zero-order valence-electron chi connectivity index (χ0n) is 21.8. The molecule has 0 spiro atoms. The molecule has 0 bridgehead atoms. The Kier molecular flexibility index (Phi) is 9.31. The van der Waals surface area contributed by atoms with Crippen molar-refractivity contribution in [2.45, 2.75) is 26.1 Å². The summed E-state index contributed by atoms with van der Waals surface area (Å²) in [6.45, 7) is 7.13. The van der Waals surface area contributed by atoms with Gasteiger partial charge in [-0.05, 0) is 55.3 Å². The Bertz CT molecular complexity index is 1700. The van der Waals surface area contributed by atoms with Crippen molar-refractivity contribution < 1.29 is 32.2 Å². The highest BCUT2D eigenvalue weighted by Crippen LogP contribution is 2.39. The van der Waals surface area contributed by atoms with Gasteiger partial charge in [-0.1, -0.05) is 59.3 Å². The number of carbonyl (C=O) groups is 1. The summed E-state index contributed by atoms with van der Waals surface area (Å²) in [5.41, 5.74) is -2.26. The van der Waals surface area contributed by atoms with Gasteiger partial charge in [-0.2, -0.15) is 13.2 Å². The Morgan fingerprint density at radius 2 is 1.85 bits per heavy atom. The molecule has 2 aromatic carbocycles. The SMILES string of the molecule is C=CCOc1c(Cl)cc(/C=c2\sc3n(c2=O)[C@@H](c2ccc(Cl)cc2)C(C(=O)OCC)=C(C(F)(F)F)N=3)cc1OCC. The highest BCUT2D eigenvalue weighted by Gasteiger charge is 2.45. The van der Waals surface area contributed by atoms with E-state index in [-0.39, 0.29) is 38.9 Å². The molecule has 1 aliphatic heterocycles. The molecule has 3 aromatic rings. The van der Waals surface area contributed by atoms with Gasteiger partial charge < -0.3 is 14.2 Å². The largest absolute Gasteiger partial charge is 0.490 e. The van der Waals surface area contributed by atoms with Crippen LogP contribution < -0.4 is 24.4 Å². The molecular weight excluding hydrogens is 604 g/mol. The number of hydrogen-bond donors (Lipinski definition) is 0. The second-order valence-electron chi connectivity index (χ2n) is 8.48. The summed E-state index contributed by atoms with van der Waals surface area (Å²) in [7, 11) is 0. The van der Waals surface area contributed by atoms with E-state index in [0.717, 1.165) is 15.9 Å². The number of nitrogens with zero attached hydrogens (tertiary/aromatic N) is 2. The first-order valence-corrected chi connectivity index (χ1v) is 13.8. The molecule has 2 heterocycles. The Labute approximate surface area is 246 Å². The highest BCUT2D eigenvalue weighted by atomic mass is 35.5. The fraction of sp³-hybridized carbons (Fsp3) is 0.250. The minimum atomic E-state index is -5.01. The molecule has 1 atom stereocenters. The third-order valence-electron chi connectivity index (χ3n) is 5.76. The number of benzene rings is 2. The van der Waals surface area contributed by atoms with Crippen LogP contribution in [0.3, 0.4) is 0 Å². The Hall–Kier alpha value is -3.54. The van der Waals surface area contributed by atoms with Crippen LogP contribution in [0.1, 0.15) is 31.0 Å². The summed E-state index contributed by atoms with van der Waals surface area (Å²) in [5.74, 6) is -0.645. The van der Waals surface area contributed by atoms with E-state index in [1.165, 1.54) is 49.4 Å². The highest BCUT2D eigenvalue weighted by molar-refractivity contribution is 7.07. The molecular formula is C28H23Cl2F3N2O5S. The molecule has 0 aliphatic carbocycles. The molecule has 41 heavy (non-hydrogen) atoms. The smallest absolute Gasteiger partial charge is 0.434 e. The average molecular weight is 627 g/mol. The van der Waals surface area contributed by atoms with E-state index < -0.39 is 35.0 Å². The van der Waals surface area contributed by atoms with Gasteiger partial charge in [-0.3, -0.25) is 9.36 Å². The van der Waals surface area contributed by atoms with E-state index in [0.29, 0.717) is 22.9 Å². The van der Waals surface area contributed by atoms with Crippen LogP contribution in [0, 0.1) is 0 Å². The van der Waals surface area contributed by atoms with Crippen molar-refractivity contribution in [1.82, 2.24) is 4.57 Å². The summed E-state index contributed by atoms with van der Waals surface area (Å²) in [6, 6.07) is 7.44. The normalized spacial score (nSPS) is 15.3. The Morgan fingerprint density at radius 1 is 1.15 bits per heavy atom. The van der Waals surface area contributed by atoms with Crippen LogP contribution in [-0.2, 0) is 9.53 Å². The first-order valence-electron chi connectivity index (χ1n) is 12.3. The lowest BCUT2D eigenvalue weighted by atomic mass is 9.95. The molecule has 0 N–H and O–H groups in total. The lowest BCUT2D eigenvalue weighted by Gasteiger charge is -2.26. The van der Waals surface area contributed by atoms with E-state index in [1.54, 1.807) is 13.0 Å². The van der Waals surface area contributed by atoms with Crippen molar-refractivity contribution in [2.24, 2.45) is 4.99 Å². The van der Waals surface area contributed by atoms with Gasteiger partial charge in [-0.25, -0.2) is 9.79 Å². The third kappa shape index (κ3) is 6.37. The summed E-state index contributed by atoms with van der Waals surface area (Å²) < 4.78 is 60.1. The van der Waals surface area contributed by atoms with Crippen molar-refractivity contribution in [2.75, 3.05) is 19.8 Å². The molecule has 0 saturated heterocycles. The quantitative estimate of drug-likeness (QED) is 0.228. The standard InChI is InChI=1S/C28H23Cl2F3N2O5S/c1-4-11-40-23-18(30)12-15(13-19(23)38-5-2)14-20-25(36)35-22(16-7-9-17(29)10-8-16)21(26(37)39-6-3)24(28(31,32)33)34-27(35)41-20/h4,7-10,12-14,22H,1,5-6,11H2,2-3H3/b20-14-/t22-/m0/s1. The van der Waals surface area contributed by atoms with Crippen LogP contribution in [0.2, 0.25) is 10.0 Å². The maximum absolute atomic E-state index is 14.3. The van der Waals surface area contributed by atoms with Gasteiger partial charge in [0.25, 0.3) is 5.56 Å². The molecule has 0 unspecified atom stereocenters. The van der Waals surface area contributed by atoms with E-state index >= 15 is 0 Å². The molecule has 0 fully saturated rings. The lowest BCUT2D eigenvalue weighted by molar-refractivity contribution is -0.140. The molecule has 4 rings (SSSR count). The monoisotopic (exact) mass is 626 g/mol. The van der Waals surface area contributed by atoms with Gasteiger partial charge in [0, 0.05) is 5.02 Å². The number of rotatable bonds is 9.